The van der Waals surface area contributed by atoms with Crippen LogP contribution in [-0.4, -0.2) is 118 Å². The van der Waals surface area contributed by atoms with Gasteiger partial charge >= 0.3 is 5.97 Å². The van der Waals surface area contributed by atoms with Crippen molar-refractivity contribution in [1.29, 1.82) is 0 Å². The van der Waals surface area contributed by atoms with Gasteiger partial charge in [0, 0.05) is 110 Å². The van der Waals surface area contributed by atoms with Crippen LogP contribution in [0, 0.1) is 11.3 Å². The van der Waals surface area contributed by atoms with Gasteiger partial charge < -0.3 is 29.2 Å². The summed E-state index contributed by atoms with van der Waals surface area (Å²) in [5.41, 5.74) is 12.6. The number of amides is 2. The second-order valence-electron chi connectivity index (χ2n) is 19.2. The number of hydrazine groups is 1. The lowest BCUT2D eigenvalue weighted by Gasteiger charge is -2.42. The standard InChI is InChI=1S/C48H58N10O5S/c1-28(62-5)42-36(20-32(24-51-42)56-16-14-55(4)15-17-56)44-37-23-48(2,3)27-63-41(59)10-9-31-25-58(54-31)47(61)38(53-46(60)35-21-34(35)45-49-11-7-12-50-45)22-40-52-39(26-64-40)30-18-29-8-6-13-57(44)43(29)33(37)19-30/h7,11-12,18-20,24,26,28,31,34-35,38,54H,6,8-10,13-17,21-23,25,27H2,1-5H3,(H,53,60)/t28-,31?,34+,35+,38-/m0/s1. The van der Waals surface area contributed by atoms with Gasteiger partial charge in [-0.3, -0.25) is 24.4 Å². The van der Waals surface area contributed by atoms with Crippen molar-refractivity contribution >= 4 is 45.7 Å². The smallest absolute Gasteiger partial charge is 0.305 e. The summed E-state index contributed by atoms with van der Waals surface area (Å²) in [5, 5.41) is 8.64. The Bertz CT molecular complexity index is 2580. The van der Waals surface area contributed by atoms with E-state index in [-0.39, 0.29) is 61.2 Å². The molecule has 5 aliphatic heterocycles. The van der Waals surface area contributed by atoms with Gasteiger partial charge in [0.1, 0.15) is 11.9 Å². The molecule has 3 fully saturated rings. The van der Waals surface area contributed by atoms with E-state index in [4.69, 9.17) is 19.4 Å². The van der Waals surface area contributed by atoms with Crippen LogP contribution in [0.1, 0.15) is 86.1 Å². The molecule has 2 amide bonds. The molecule has 4 aromatic heterocycles. The Kier molecular flexibility index (Phi) is 11.5. The number of likely N-dealkylation sites (N-methyl/N-ethyl adjacent to an activating group) is 1. The van der Waals surface area contributed by atoms with Crippen LogP contribution >= 0.6 is 11.3 Å². The first-order valence-corrected chi connectivity index (χ1v) is 23.7. The molecule has 2 saturated heterocycles. The van der Waals surface area contributed by atoms with Gasteiger partial charge in [0.2, 0.25) is 5.91 Å². The number of piperazine rings is 1. The number of hydrogen-bond donors (Lipinski definition) is 2. The summed E-state index contributed by atoms with van der Waals surface area (Å²) in [6, 6.07) is 7.76. The van der Waals surface area contributed by atoms with Crippen LogP contribution in [0.4, 0.5) is 5.69 Å². The molecule has 6 bridgehead atoms. The first-order chi connectivity index (χ1) is 30.9. The number of rotatable bonds is 7. The number of ether oxygens (including phenoxy) is 2. The Labute approximate surface area is 377 Å². The number of fused-ring (bicyclic) bond motifs is 8. The molecule has 1 aliphatic carbocycles. The van der Waals surface area contributed by atoms with Crippen molar-refractivity contribution in [3.8, 4) is 22.5 Å². The predicted octanol–water partition coefficient (Wildman–Crippen LogP) is 5.47. The molecular weight excluding hydrogens is 829 g/mol. The number of nitrogens with zero attached hydrogens (tertiary/aromatic N) is 8. The summed E-state index contributed by atoms with van der Waals surface area (Å²) in [7, 11) is 3.91. The average Bonchev–Trinajstić information content (AvgIpc) is 3.86. The van der Waals surface area contributed by atoms with Crippen molar-refractivity contribution in [2.45, 2.75) is 96.4 Å². The van der Waals surface area contributed by atoms with Crippen LogP contribution in [0.5, 0.6) is 0 Å². The largest absolute Gasteiger partial charge is 0.465 e. The van der Waals surface area contributed by atoms with Crippen LogP contribution < -0.4 is 15.6 Å². The normalized spacial score (nSPS) is 24.3. The third-order valence-electron chi connectivity index (χ3n) is 13.8. The quantitative estimate of drug-likeness (QED) is 0.199. The van der Waals surface area contributed by atoms with E-state index in [1.165, 1.54) is 28.0 Å². The Morgan fingerprint density at radius 3 is 2.64 bits per heavy atom. The maximum Gasteiger partial charge on any atom is 0.305 e. The highest BCUT2D eigenvalue weighted by molar-refractivity contribution is 7.10. The maximum atomic E-state index is 14.1. The molecule has 6 aliphatic rings. The van der Waals surface area contributed by atoms with E-state index in [9.17, 15) is 14.4 Å². The van der Waals surface area contributed by atoms with Gasteiger partial charge in [-0.1, -0.05) is 13.8 Å². The number of hydrogen-bond acceptors (Lipinski definition) is 13. The number of carbonyl (C=O) groups is 3. The van der Waals surface area contributed by atoms with E-state index < -0.39 is 11.5 Å². The molecule has 5 atom stereocenters. The minimum atomic E-state index is -0.832. The Morgan fingerprint density at radius 2 is 1.86 bits per heavy atom. The highest BCUT2D eigenvalue weighted by Crippen LogP contribution is 2.47. The number of aryl methyl sites for hydroxylation is 2. The summed E-state index contributed by atoms with van der Waals surface area (Å²) in [6.07, 6.45) is 9.33. The maximum absolute atomic E-state index is 14.1. The Balaban J connectivity index is 1.06. The van der Waals surface area contributed by atoms with E-state index in [0.717, 1.165) is 89.9 Å². The van der Waals surface area contributed by atoms with Crippen molar-refractivity contribution in [3.05, 3.63) is 75.9 Å². The molecule has 16 heteroatoms. The van der Waals surface area contributed by atoms with Crippen molar-refractivity contribution in [2.75, 3.05) is 58.4 Å². The summed E-state index contributed by atoms with van der Waals surface area (Å²) < 4.78 is 14.6. The lowest BCUT2D eigenvalue weighted by Crippen LogP contribution is -2.67. The zero-order valence-electron chi connectivity index (χ0n) is 37.4. The molecule has 2 N–H and O–H groups in total. The highest BCUT2D eigenvalue weighted by Gasteiger charge is 2.47. The van der Waals surface area contributed by atoms with E-state index in [1.807, 2.05) is 6.20 Å². The first-order valence-electron chi connectivity index (χ1n) is 22.8. The predicted molar refractivity (Wildman–Crippen MR) is 245 cm³/mol. The third-order valence-corrected chi connectivity index (χ3v) is 14.7. The number of methoxy groups -OCH3 is 1. The lowest BCUT2D eigenvalue weighted by atomic mass is 9.84. The summed E-state index contributed by atoms with van der Waals surface area (Å²) in [5.74, 6) is -0.405. The van der Waals surface area contributed by atoms with Crippen LogP contribution in [0.15, 0.2) is 48.2 Å². The molecule has 9 heterocycles. The van der Waals surface area contributed by atoms with E-state index in [0.29, 0.717) is 31.6 Å². The zero-order valence-corrected chi connectivity index (χ0v) is 38.2. The van der Waals surface area contributed by atoms with Crippen molar-refractivity contribution in [3.63, 3.8) is 0 Å². The monoisotopic (exact) mass is 886 g/mol. The molecule has 1 saturated carbocycles. The molecule has 64 heavy (non-hydrogen) atoms. The van der Waals surface area contributed by atoms with Crippen molar-refractivity contribution < 1.29 is 23.9 Å². The third kappa shape index (κ3) is 8.40. The SMILES string of the molecule is CO[C@@H](C)c1ncc(N2CCN(C)CC2)cc1-c1c2c3cc(cc4c3n1CCC4)-c1csc(n1)C[C@H](NC(=O)[C@@H]1C[C@H]1c1ncccn1)C(=O)N1CC(CCC(=O)OCC(C)(C)C2)N1. The fourth-order valence-electron chi connectivity index (χ4n) is 10.0. The number of nitrogens with one attached hydrogen (secondary N) is 2. The number of carbonyl (C=O) groups excluding carboxylic acids is 3. The van der Waals surface area contributed by atoms with E-state index in [1.54, 1.807) is 30.6 Å². The molecular formula is C48H58N10O5S. The van der Waals surface area contributed by atoms with Gasteiger partial charge in [-0.15, -0.1) is 11.3 Å². The summed E-state index contributed by atoms with van der Waals surface area (Å²) in [6.45, 7) is 11.8. The fraction of sp³-hybridized carbons (Fsp3) is 0.521. The Morgan fingerprint density at radius 1 is 1.06 bits per heavy atom. The highest BCUT2D eigenvalue weighted by atomic mass is 32.1. The topological polar surface area (TPSA) is 160 Å². The van der Waals surface area contributed by atoms with Crippen LogP contribution in [0.2, 0.25) is 0 Å². The first kappa shape index (κ1) is 42.6. The van der Waals surface area contributed by atoms with Gasteiger partial charge in [-0.25, -0.2) is 20.4 Å². The molecule has 11 rings (SSSR count). The molecule has 0 spiro atoms. The molecule has 336 valence electrons. The number of anilines is 1. The summed E-state index contributed by atoms with van der Waals surface area (Å²) in [4.78, 5) is 65.1. The Hall–Kier alpha value is -5.29. The zero-order chi connectivity index (χ0) is 44.3. The van der Waals surface area contributed by atoms with Crippen LogP contribution in [-0.2, 0) is 49.7 Å². The lowest BCUT2D eigenvalue weighted by molar-refractivity contribution is -0.149. The molecule has 1 unspecified atom stereocenters. The minimum Gasteiger partial charge on any atom is -0.465 e. The molecule has 0 radical (unpaired) electrons. The number of esters is 1. The van der Waals surface area contributed by atoms with Crippen LogP contribution in [0.25, 0.3) is 33.4 Å². The van der Waals surface area contributed by atoms with E-state index >= 15 is 0 Å². The van der Waals surface area contributed by atoms with Gasteiger partial charge in [-0.2, -0.15) is 0 Å². The number of pyridine rings is 1. The summed E-state index contributed by atoms with van der Waals surface area (Å²) >= 11 is 1.51. The van der Waals surface area contributed by atoms with Crippen molar-refractivity contribution in [2.24, 2.45) is 11.3 Å². The van der Waals surface area contributed by atoms with Gasteiger partial charge in [0.05, 0.1) is 58.7 Å². The average molecular weight is 887 g/mol. The minimum absolute atomic E-state index is 0.0656. The number of benzene rings is 1. The molecule has 5 aromatic rings. The number of aromatic nitrogens is 5. The molecule has 1 aromatic carbocycles. The van der Waals surface area contributed by atoms with Gasteiger partial charge in [0.15, 0.2) is 0 Å². The second kappa shape index (κ2) is 17.3. The van der Waals surface area contributed by atoms with Crippen LogP contribution in [0.3, 0.4) is 0 Å². The fourth-order valence-corrected chi connectivity index (χ4v) is 10.9. The number of thiazole rings is 1. The molecule has 15 nitrogen and oxygen atoms in total. The van der Waals surface area contributed by atoms with Crippen molar-refractivity contribution in [1.82, 2.24) is 45.2 Å². The van der Waals surface area contributed by atoms with Gasteiger partial charge in [0.25, 0.3) is 5.91 Å². The second-order valence-corrected chi connectivity index (χ2v) is 20.1. The van der Waals surface area contributed by atoms with Gasteiger partial charge in [-0.05, 0) is 81.5 Å². The van der Waals surface area contributed by atoms with E-state index in [2.05, 4.69) is 86.5 Å².